The molecule has 3 rings (SSSR count). The molecule has 1 unspecified atom stereocenters. The molecule has 3 aromatic rings. The molecule has 0 aliphatic rings. The molecular formula is C19H22ClN4O3S+. The number of halogens is 1. The maximum Gasteiger partial charge on any atom is 0.279 e. The Kier molecular flexibility index (Phi) is 7.16. The second kappa shape index (κ2) is 9.79. The Morgan fingerprint density at radius 2 is 2.21 bits per heavy atom. The van der Waals surface area contributed by atoms with Gasteiger partial charge in [-0.15, -0.1) is 21.5 Å². The Morgan fingerprint density at radius 3 is 2.93 bits per heavy atom. The van der Waals surface area contributed by atoms with Crippen molar-refractivity contribution in [3.05, 3.63) is 52.2 Å². The average molecular weight is 422 g/mol. The van der Waals surface area contributed by atoms with E-state index in [1.165, 1.54) is 11.3 Å². The number of carbonyl (C=O) groups is 1. The third kappa shape index (κ3) is 5.62. The van der Waals surface area contributed by atoms with Gasteiger partial charge in [0, 0.05) is 17.8 Å². The van der Waals surface area contributed by atoms with Crippen molar-refractivity contribution in [1.29, 1.82) is 0 Å². The van der Waals surface area contributed by atoms with Gasteiger partial charge in [-0.2, -0.15) is 0 Å². The number of ether oxygens (including phenoxy) is 1. The minimum absolute atomic E-state index is 0.121. The number of rotatable bonds is 9. The van der Waals surface area contributed by atoms with E-state index < -0.39 is 0 Å². The van der Waals surface area contributed by atoms with Crippen molar-refractivity contribution in [3.63, 3.8) is 0 Å². The van der Waals surface area contributed by atoms with Crippen molar-refractivity contribution in [3.8, 4) is 10.8 Å². The molecule has 2 aromatic heterocycles. The first-order valence-corrected chi connectivity index (χ1v) is 10.1. The molecule has 0 saturated heterocycles. The molecule has 2 heterocycles. The molecule has 148 valence electrons. The normalized spacial score (nSPS) is 12.1. The van der Waals surface area contributed by atoms with E-state index in [0.29, 0.717) is 42.2 Å². The summed E-state index contributed by atoms with van der Waals surface area (Å²) in [6.07, 6.45) is 0. The summed E-state index contributed by atoms with van der Waals surface area (Å²) in [6, 6.07) is 9.31. The molecule has 9 heteroatoms. The summed E-state index contributed by atoms with van der Waals surface area (Å²) in [7, 11) is 1.63. The monoisotopic (exact) mass is 421 g/mol. The van der Waals surface area contributed by atoms with Crippen LogP contribution in [-0.2, 0) is 16.1 Å². The summed E-state index contributed by atoms with van der Waals surface area (Å²) >= 11 is 7.66. The SMILES string of the molecule is COCC[NH+](CC(=O)Nc1ccc(C)c(Cl)c1)Cc1nnc(-c2cccs2)o1. The Hall–Kier alpha value is -2.26. The van der Waals surface area contributed by atoms with Gasteiger partial charge >= 0.3 is 0 Å². The molecule has 0 spiro atoms. The van der Waals surface area contributed by atoms with Crippen LogP contribution in [0.15, 0.2) is 40.1 Å². The van der Waals surface area contributed by atoms with E-state index in [1.807, 2.05) is 36.6 Å². The molecule has 1 amide bonds. The van der Waals surface area contributed by atoms with E-state index in [-0.39, 0.29) is 12.5 Å². The van der Waals surface area contributed by atoms with E-state index in [4.69, 9.17) is 20.8 Å². The first-order valence-electron chi connectivity index (χ1n) is 8.80. The lowest BCUT2D eigenvalue weighted by Gasteiger charge is -2.17. The number of nitrogens with one attached hydrogen (secondary N) is 2. The number of benzene rings is 1. The van der Waals surface area contributed by atoms with Gasteiger partial charge in [0.25, 0.3) is 17.7 Å². The highest BCUT2D eigenvalue weighted by molar-refractivity contribution is 7.13. The van der Waals surface area contributed by atoms with Gasteiger partial charge in [0.05, 0.1) is 11.5 Å². The predicted octanol–water partition coefficient (Wildman–Crippen LogP) is 2.43. The van der Waals surface area contributed by atoms with Crippen molar-refractivity contribution in [2.75, 3.05) is 32.1 Å². The van der Waals surface area contributed by atoms with Gasteiger partial charge in [-0.25, -0.2) is 0 Å². The molecule has 2 N–H and O–H groups in total. The summed E-state index contributed by atoms with van der Waals surface area (Å²) in [5, 5.41) is 13.7. The molecule has 7 nitrogen and oxygen atoms in total. The summed E-state index contributed by atoms with van der Waals surface area (Å²) in [5.74, 6) is 0.861. The summed E-state index contributed by atoms with van der Waals surface area (Å²) in [5.41, 5.74) is 1.63. The van der Waals surface area contributed by atoms with E-state index in [0.717, 1.165) is 15.3 Å². The number of methoxy groups -OCH3 is 1. The van der Waals surface area contributed by atoms with Crippen LogP contribution in [0.25, 0.3) is 10.8 Å². The Bertz CT molecular complexity index is 914. The molecule has 0 aliphatic carbocycles. The van der Waals surface area contributed by atoms with Crippen LogP contribution in [0.5, 0.6) is 0 Å². The average Bonchev–Trinajstić information content (AvgIpc) is 3.34. The fourth-order valence-corrected chi connectivity index (χ4v) is 3.45. The number of thiophene rings is 1. The number of hydrogen-bond acceptors (Lipinski definition) is 6. The molecule has 0 radical (unpaired) electrons. The second-order valence-electron chi connectivity index (χ2n) is 6.34. The third-order valence-corrected chi connectivity index (χ3v) is 5.39. The zero-order chi connectivity index (χ0) is 19.9. The Labute approximate surface area is 172 Å². The lowest BCUT2D eigenvalue weighted by atomic mass is 10.2. The topological polar surface area (TPSA) is 81.7 Å². The standard InChI is InChI=1S/C19H21ClN4O3S/c1-13-5-6-14(10-15(13)20)21-17(25)11-24(7-8-26-2)12-18-22-23-19(27-18)16-4-3-9-28-16/h3-6,9-10H,7-8,11-12H2,1-2H3,(H,21,25)/p+1. The van der Waals surface area contributed by atoms with Crippen LogP contribution in [0.4, 0.5) is 5.69 Å². The third-order valence-electron chi connectivity index (χ3n) is 4.13. The van der Waals surface area contributed by atoms with Gasteiger partial charge in [0.1, 0.15) is 6.54 Å². The van der Waals surface area contributed by atoms with Gasteiger partial charge in [0.2, 0.25) is 0 Å². The number of aryl methyl sites for hydroxylation is 1. The number of amides is 1. The highest BCUT2D eigenvalue weighted by Crippen LogP contribution is 2.22. The first-order chi connectivity index (χ1) is 13.5. The number of carbonyl (C=O) groups excluding carboxylic acids is 1. The van der Waals surface area contributed by atoms with Crippen LogP contribution in [-0.4, -0.2) is 42.9 Å². The minimum Gasteiger partial charge on any atom is -0.414 e. The highest BCUT2D eigenvalue weighted by atomic mass is 35.5. The second-order valence-corrected chi connectivity index (χ2v) is 7.69. The van der Waals surface area contributed by atoms with Crippen LogP contribution >= 0.6 is 22.9 Å². The number of anilines is 1. The summed E-state index contributed by atoms with van der Waals surface area (Å²) < 4.78 is 10.9. The van der Waals surface area contributed by atoms with Crippen molar-refractivity contribution in [1.82, 2.24) is 10.2 Å². The lowest BCUT2D eigenvalue weighted by molar-refractivity contribution is -0.907. The van der Waals surface area contributed by atoms with E-state index in [1.54, 1.807) is 13.2 Å². The van der Waals surface area contributed by atoms with Crippen LogP contribution in [0.3, 0.4) is 0 Å². The fraction of sp³-hybridized carbons (Fsp3) is 0.316. The van der Waals surface area contributed by atoms with Gasteiger partial charge in [-0.3, -0.25) is 4.79 Å². The number of aromatic nitrogens is 2. The van der Waals surface area contributed by atoms with E-state index in [2.05, 4.69) is 15.5 Å². The quantitative estimate of drug-likeness (QED) is 0.554. The summed E-state index contributed by atoms with van der Waals surface area (Å²) in [4.78, 5) is 14.4. The van der Waals surface area contributed by atoms with Gasteiger partial charge in [0.15, 0.2) is 13.1 Å². The number of nitrogens with zero attached hydrogens (tertiary/aromatic N) is 2. The fourth-order valence-electron chi connectivity index (χ4n) is 2.63. The molecule has 0 saturated carbocycles. The molecule has 1 aromatic carbocycles. The minimum atomic E-state index is -0.121. The summed E-state index contributed by atoms with van der Waals surface area (Å²) in [6.45, 7) is 3.75. The Balaban J connectivity index is 1.62. The van der Waals surface area contributed by atoms with Crippen LogP contribution < -0.4 is 10.2 Å². The smallest absolute Gasteiger partial charge is 0.279 e. The van der Waals surface area contributed by atoms with Gasteiger partial charge in [-0.05, 0) is 36.1 Å². The molecule has 28 heavy (non-hydrogen) atoms. The zero-order valence-corrected chi connectivity index (χ0v) is 17.3. The van der Waals surface area contributed by atoms with Crippen molar-refractivity contribution in [2.24, 2.45) is 0 Å². The highest BCUT2D eigenvalue weighted by Gasteiger charge is 2.19. The van der Waals surface area contributed by atoms with Gasteiger partial charge in [-0.1, -0.05) is 23.7 Å². The number of hydrogen-bond donors (Lipinski definition) is 2. The maximum atomic E-state index is 12.5. The molecule has 0 aliphatic heterocycles. The zero-order valence-electron chi connectivity index (χ0n) is 15.7. The van der Waals surface area contributed by atoms with E-state index in [9.17, 15) is 4.79 Å². The van der Waals surface area contributed by atoms with Crippen molar-refractivity contribution >= 4 is 34.5 Å². The Morgan fingerprint density at radius 1 is 1.36 bits per heavy atom. The van der Waals surface area contributed by atoms with E-state index >= 15 is 0 Å². The first kappa shape index (κ1) is 20.5. The molecular weight excluding hydrogens is 400 g/mol. The van der Waals surface area contributed by atoms with Crippen LogP contribution in [0.2, 0.25) is 5.02 Å². The lowest BCUT2D eigenvalue weighted by Crippen LogP contribution is -3.12. The molecule has 0 bridgehead atoms. The van der Waals surface area contributed by atoms with Crippen molar-refractivity contribution < 1.29 is 18.8 Å². The molecule has 1 atom stereocenters. The largest absolute Gasteiger partial charge is 0.414 e. The van der Waals surface area contributed by atoms with Crippen LogP contribution in [0, 0.1) is 6.92 Å². The van der Waals surface area contributed by atoms with Crippen molar-refractivity contribution in [2.45, 2.75) is 13.5 Å². The molecule has 0 fully saturated rings. The number of quaternary nitrogens is 1. The van der Waals surface area contributed by atoms with Crippen LogP contribution in [0.1, 0.15) is 11.5 Å². The maximum absolute atomic E-state index is 12.5. The predicted molar refractivity (Wildman–Crippen MR) is 109 cm³/mol. The van der Waals surface area contributed by atoms with Gasteiger partial charge < -0.3 is 19.4 Å².